The summed E-state index contributed by atoms with van der Waals surface area (Å²) in [5, 5.41) is 3.04. The zero-order valence-electron chi connectivity index (χ0n) is 13.3. The summed E-state index contributed by atoms with van der Waals surface area (Å²) in [6.45, 7) is 12.3. The number of nitrogens with one attached hydrogen (secondary N) is 1. The van der Waals surface area contributed by atoms with Crippen molar-refractivity contribution >= 4 is 5.82 Å². The fraction of sp³-hybridized carbons (Fsp3) is 0.733. The summed E-state index contributed by atoms with van der Waals surface area (Å²) in [5.74, 6) is 1.03. The molecule has 0 saturated carbocycles. The highest BCUT2D eigenvalue weighted by Gasteiger charge is 2.16. The van der Waals surface area contributed by atoms with E-state index in [0.29, 0.717) is 24.9 Å². The summed E-state index contributed by atoms with van der Waals surface area (Å²) in [6.07, 6.45) is 4.42. The van der Waals surface area contributed by atoms with Crippen LogP contribution in [0.1, 0.15) is 41.0 Å². The average molecular weight is 281 g/mol. The van der Waals surface area contributed by atoms with Gasteiger partial charge in [0.25, 0.3) is 5.56 Å². The average Bonchev–Trinajstić information content (AvgIpc) is 2.33. The molecule has 0 spiro atoms. The fourth-order valence-electron chi connectivity index (χ4n) is 1.72. The Balaban J connectivity index is 2.47. The number of hydrogen-bond donors (Lipinski definition) is 1. The predicted molar refractivity (Wildman–Crippen MR) is 82.3 cm³/mol. The standard InChI is InChI=1S/C15H27N3O2/c1-12(2)6-10-20-11-8-17-13-14(19)18(9-7-16-13)15(3,4)5/h7,9,12H,6,8,10-11H2,1-5H3,(H,16,17). The maximum Gasteiger partial charge on any atom is 0.293 e. The number of aromatic nitrogens is 2. The van der Waals surface area contributed by atoms with Crippen LogP contribution in [0.3, 0.4) is 0 Å². The quantitative estimate of drug-likeness (QED) is 0.780. The summed E-state index contributed by atoms with van der Waals surface area (Å²) >= 11 is 0. The van der Waals surface area contributed by atoms with Crippen LogP contribution in [-0.4, -0.2) is 29.3 Å². The molecule has 0 aliphatic rings. The summed E-state index contributed by atoms with van der Waals surface area (Å²) in [7, 11) is 0. The maximum atomic E-state index is 12.2. The smallest absolute Gasteiger partial charge is 0.293 e. The summed E-state index contributed by atoms with van der Waals surface area (Å²) in [6, 6.07) is 0. The fourth-order valence-corrected chi connectivity index (χ4v) is 1.72. The van der Waals surface area contributed by atoms with Gasteiger partial charge in [0.1, 0.15) is 0 Å². The van der Waals surface area contributed by atoms with E-state index >= 15 is 0 Å². The molecule has 0 fully saturated rings. The van der Waals surface area contributed by atoms with E-state index in [1.165, 1.54) is 0 Å². The van der Waals surface area contributed by atoms with E-state index in [-0.39, 0.29) is 11.1 Å². The Hall–Kier alpha value is -1.36. The van der Waals surface area contributed by atoms with Crippen LogP contribution in [0.15, 0.2) is 17.2 Å². The monoisotopic (exact) mass is 281 g/mol. The highest BCUT2D eigenvalue weighted by atomic mass is 16.5. The van der Waals surface area contributed by atoms with E-state index in [2.05, 4.69) is 24.1 Å². The normalized spacial score (nSPS) is 11.9. The van der Waals surface area contributed by atoms with Gasteiger partial charge in [-0.15, -0.1) is 0 Å². The van der Waals surface area contributed by atoms with Crippen LogP contribution in [0.2, 0.25) is 0 Å². The Morgan fingerprint density at radius 1 is 1.35 bits per heavy atom. The van der Waals surface area contributed by atoms with Gasteiger partial charge in [0.05, 0.1) is 6.61 Å². The van der Waals surface area contributed by atoms with E-state index in [1.807, 2.05) is 20.8 Å². The highest BCUT2D eigenvalue weighted by molar-refractivity contribution is 5.30. The molecular weight excluding hydrogens is 254 g/mol. The molecule has 0 bridgehead atoms. The molecule has 0 aliphatic carbocycles. The van der Waals surface area contributed by atoms with Gasteiger partial charge in [-0.05, 0) is 33.1 Å². The molecule has 5 heteroatoms. The molecule has 0 radical (unpaired) electrons. The van der Waals surface area contributed by atoms with Gasteiger partial charge in [0.2, 0.25) is 0 Å². The number of nitrogens with zero attached hydrogens (tertiary/aromatic N) is 2. The van der Waals surface area contributed by atoms with Gasteiger partial charge < -0.3 is 14.6 Å². The third kappa shape index (κ3) is 5.33. The van der Waals surface area contributed by atoms with Gasteiger partial charge in [0.15, 0.2) is 5.82 Å². The van der Waals surface area contributed by atoms with E-state index in [0.717, 1.165) is 13.0 Å². The van der Waals surface area contributed by atoms with E-state index in [1.54, 1.807) is 17.0 Å². The van der Waals surface area contributed by atoms with Crippen LogP contribution in [0, 0.1) is 5.92 Å². The third-order valence-corrected chi connectivity index (χ3v) is 2.94. The van der Waals surface area contributed by atoms with Crippen molar-refractivity contribution < 1.29 is 4.74 Å². The molecule has 1 N–H and O–H groups in total. The lowest BCUT2D eigenvalue weighted by Crippen LogP contribution is -2.35. The molecule has 114 valence electrons. The summed E-state index contributed by atoms with van der Waals surface area (Å²) < 4.78 is 7.19. The zero-order valence-corrected chi connectivity index (χ0v) is 13.3. The molecule has 0 unspecified atom stereocenters. The molecule has 0 atom stereocenters. The van der Waals surface area contributed by atoms with Crippen LogP contribution >= 0.6 is 0 Å². The lowest BCUT2D eigenvalue weighted by atomic mass is 10.1. The Labute approximate surface area is 121 Å². The van der Waals surface area contributed by atoms with Crippen molar-refractivity contribution in [2.24, 2.45) is 5.92 Å². The van der Waals surface area contributed by atoms with Crippen molar-refractivity contribution in [3.05, 3.63) is 22.7 Å². The summed E-state index contributed by atoms with van der Waals surface area (Å²) in [4.78, 5) is 16.3. The Kier molecular flexibility index (Phi) is 6.20. The molecule has 0 aliphatic heterocycles. The predicted octanol–water partition coefficient (Wildman–Crippen LogP) is 2.47. The van der Waals surface area contributed by atoms with Gasteiger partial charge in [-0.2, -0.15) is 0 Å². The SMILES string of the molecule is CC(C)CCOCCNc1nccn(C(C)(C)C)c1=O. The minimum absolute atomic E-state index is 0.0952. The molecule has 1 heterocycles. The van der Waals surface area contributed by atoms with E-state index < -0.39 is 0 Å². The maximum absolute atomic E-state index is 12.2. The minimum Gasteiger partial charge on any atom is -0.380 e. The second kappa shape index (κ2) is 7.43. The van der Waals surface area contributed by atoms with Crippen LogP contribution in [0.25, 0.3) is 0 Å². The molecule has 1 aromatic rings. The van der Waals surface area contributed by atoms with E-state index in [9.17, 15) is 4.79 Å². The van der Waals surface area contributed by atoms with Gasteiger partial charge in [-0.1, -0.05) is 13.8 Å². The van der Waals surface area contributed by atoms with Crippen molar-refractivity contribution in [2.45, 2.75) is 46.6 Å². The highest BCUT2D eigenvalue weighted by Crippen LogP contribution is 2.10. The molecule has 1 aromatic heterocycles. The molecule has 0 amide bonds. The summed E-state index contributed by atoms with van der Waals surface area (Å²) in [5.41, 5.74) is -0.341. The molecular formula is C15H27N3O2. The lowest BCUT2D eigenvalue weighted by molar-refractivity contribution is 0.132. The second-order valence-corrected chi connectivity index (χ2v) is 6.34. The number of anilines is 1. The van der Waals surface area contributed by atoms with Gasteiger partial charge >= 0.3 is 0 Å². The van der Waals surface area contributed by atoms with Gasteiger partial charge in [0, 0.05) is 31.1 Å². The molecule has 0 aromatic carbocycles. The Bertz CT molecular complexity index is 461. The topological polar surface area (TPSA) is 56.1 Å². The van der Waals surface area contributed by atoms with Crippen LogP contribution in [-0.2, 0) is 10.3 Å². The molecule has 1 rings (SSSR count). The van der Waals surface area contributed by atoms with Crippen LogP contribution in [0.5, 0.6) is 0 Å². The van der Waals surface area contributed by atoms with Crippen molar-refractivity contribution in [1.29, 1.82) is 0 Å². The van der Waals surface area contributed by atoms with Crippen LogP contribution < -0.4 is 10.9 Å². The van der Waals surface area contributed by atoms with Gasteiger partial charge in [-0.3, -0.25) is 4.79 Å². The number of ether oxygens (including phenoxy) is 1. The minimum atomic E-state index is -0.246. The van der Waals surface area contributed by atoms with Crippen molar-refractivity contribution in [3.8, 4) is 0 Å². The first-order valence-corrected chi connectivity index (χ1v) is 7.22. The Morgan fingerprint density at radius 3 is 2.65 bits per heavy atom. The third-order valence-electron chi connectivity index (χ3n) is 2.94. The van der Waals surface area contributed by atoms with E-state index in [4.69, 9.17) is 4.74 Å². The number of hydrogen-bond acceptors (Lipinski definition) is 4. The molecule has 20 heavy (non-hydrogen) atoms. The molecule has 5 nitrogen and oxygen atoms in total. The first-order valence-electron chi connectivity index (χ1n) is 7.22. The lowest BCUT2D eigenvalue weighted by Gasteiger charge is -2.22. The zero-order chi connectivity index (χ0) is 15.2. The molecule has 0 saturated heterocycles. The van der Waals surface area contributed by atoms with Crippen molar-refractivity contribution in [3.63, 3.8) is 0 Å². The number of rotatable bonds is 7. The van der Waals surface area contributed by atoms with Crippen LogP contribution in [0.4, 0.5) is 5.82 Å². The van der Waals surface area contributed by atoms with Crippen molar-refractivity contribution in [1.82, 2.24) is 9.55 Å². The largest absolute Gasteiger partial charge is 0.380 e. The Morgan fingerprint density at radius 2 is 2.05 bits per heavy atom. The first-order chi connectivity index (χ1) is 9.32. The first kappa shape index (κ1) is 16.7. The van der Waals surface area contributed by atoms with Gasteiger partial charge in [-0.25, -0.2) is 4.98 Å². The second-order valence-electron chi connectivity index (χ2n) is 6.34. The van der Waals surface area contributed by atoms with Crippen molar-refractivity contribution in [2.75, 3.05) is 25.1 Å².